The maximum Gasteiger partial charge on any atom is 0.312 e. The van der Waals surface area contributed by atoms with Crippen LogP contribution in [0.1, 0.15) is 43.7 Å². The first-order chi connectivity index (χ1) is 11.2. The molecule has 2 fully saturated rings. The Hall–Kier alpha value is -1.90. The van der Waals surface area contributed by atoms with Gasteiger partial charge in [0.1, 0.15) is 0 Å². The minimum absolute atomic E-state index is 0.139. The molecule has 0 N–H and O–H groups in total. The Labute approximate surface area is 136 Å². The quantitative estimate of drug-likeness (QED) is 0.782. The van der Waals surface area contributed by atoms with Crippen LogP contribution in [0.3, 0.4) is 0 Å². The number of esters is 1. The monoisotopic (exact) mass is 314 g/mol. The van der Waals surface area contributed by atoms with Crippen molar-refractivity contribution >= 4 is 5.97 Å². The minimum Gasteiger partial charge on any atom is -0.469 e. The fraction of sp³-hybridized carbons (Fsp3) is 0.556. The Morgan fingerprint density at radius 1 is 1.48 bits per heavy atom. The number of rotatable bonds is 5. The van der Waals surface area contributed by atoms with E-state index in [1.165, 1.54) is 7.11 Å². The van der Waals surface area contributed by atoms with E-state index in [1.807, 2.05) is 17.2 Å². The fourth-order valence-electron chi connectivity index (χ4n) is 3.78. The summed E-state index contributed by atoms with van der Waals surface area (Å²) in [6.45, 7) is 2.73. The highest BCUT2D eigenvalue weighted by molar-refractivity contribution is 5.76. The Kier molecular flexibility index (Phi) is 4.38. The summed E-state index contributed by atoms with van der Waals surface area (Å²) in [6.07, 6.45) is 4.17. The topological polar surface area (TPSA) is 62.6 Å². The third-order valence-electron chi connectivity index (χ3n) is 5.06. The van der Waals surface area contributed by atoms with E-state index in [4.69, 9.17) is 14.8 Å². The highest BCUT2D eigenvalue weighted by Crippen LogP contribution is 2.54. The van der Waals surface area contributed by atoms with Crippen molar-refractivity contribution in [3.05, 3.63) is 35.4 Å². The summed E-state index contributed by atoms with van der Waals surface area (Å²) in [5.41, 5.74) is 1.20. The zero-order valence-electron chi connectivity index (χ0n) is 13.6. The highest BCUT2D eigenvalue weighted by atomic mass is 16.7. The zero-order chi connectivity index (χ0) is 16.4. The number of methoxy groups -OCH3 is 1. The van der Waals surface area contributed by atoms with Crippen molar-refractivity contribution in [3.8, 4) is 6.07 Å². The van der Waals surface area contributed by atoms with Gasteiger partial charge in [0.2, 0.25) is 0 Å². The zero-order valence-corrected chi connectivity index (χ0v) is 13.6. The number of fused-ring (bicyclic) bond motifs is 1. The first kappa shape index (κ1) is 16.0. The van der Waals surface area contributed by atoms with E-state index in [2.05, 4.69) is 13.0 Å². The molecule has 3 rings (SSSR count). The summed E-state index contributed by atoms with van der Waals surface area (Å²) in [4.78, 5) is 18.3. The second-order valence-electron chi connectivity index (χ2n) is 6.32. The van der Waals surface area contributed by atoms with Crippen molar-refractivity contribution in [1.82, 2.24) is 5.06 Å². The normalized spacial score (nSPS) is 29.4. The van der Waals surface area contributed by atoms with Crippen molar-refractivity contribution in [2.24, 2.45) is 5.92 Å². The lowest BCUT2D eigenvalue weighted by Crippen LogP contribution is -2.63. The average Bonchev–Trinajstić information content (AvgIpc) is 2.86. The second-order valence-corrected chi connectivity index (χ2v) is 6.32. The molecule has 5 heteroatoms. The van der Waals surface area contributed by atoms with Crippen LogP contribution in [0.25, 0.3) is 0 Å². The van der Waals surface area contributed by atoms with E-state index >= 15 is 0 Å². The number of benzene rings is 1. The molecule has 0 radical (unpaired) electrons. The molecule has 1 aromatic rings. The third-order valence-corrected chi connectivity index (χ3v) is 5.06. The van der Waals surface area contributed by atoms with Crippen molar-refractivity contribution in [2.45, 2.75) is 44.2 Å². The molecule has 1 aromatic carbocycles. The molecule has 122 valence electrons. The number of hydrogen-bond acceptors (Lipinski definition) is 5. The van der Waals surface area contributed by atoms with E-state index in [0.717, 1.165) is 31.2 Å². The molecule has 0 bridgehead atoms. The number of carbonyl (C=O) groups excluding carboxylic acids is 1. The van der Waals surface area contributed by atoms with Crippen LogP contribution in [-0.2, 0) is 19.9 Å². The summed E-state index contributed by atoms with van der Waals surface area (Å²) in [7, 11) is 1.43. The van der Waals surface area contributed by atoms with Crippen LogP contribution in [0.4, 0.5) is 0 Å². The van der Waals surface area contributed by atoms with Crippen LogP contribution in [0.2, 0.25) is 0 Å². The van der Waals surface area contributed by atoms with Crippen LogP contribution >= 0.6 is 0 Å². The van der Waals surface area contributed by atoms with E-state index < -0.39 is 5.54 Å². The van der Waals surface area contributed by atoms with Gasteiger partial charge in [-0.25, -0.2) is 0 Å². The number of unbranched alkanes of at least 4 members (excludes halogenated alkanes) is 1. The van der Waals surface area contributed by atoms with E-state index in [0.29, 0.717) is 12.1 Å². The molecule has 2 saturated heterocycles. The van der Waals surface area contributed by atoms with Gasteiger partial charge in [-0.05, 0) is 24.1 Å². The molecule has 2 heterocycles. The SMILES string of the molecule is CCCC[C@@H]1C[C@@]2(c3ccc(C#N)cc3)[C@H](C(=O)OC)CN2O1. The molecule has 3 atom stereocenters. The highest BCUT2D eigenvalue weighted by Gasteiger charge is 2.64. The van der Waals surface area contributed by atoms with Crippen molar-refractivity contribution in [3.63, 3.8) is 0 Å². The standard InChI is InChI=1S/C18H22N2O3/c1-3-4-5-15-10-18(14-8-6-13(11-19)7-9-14)16(17(21)22-2)12-20(18)23-15/h6-9,15-16H,3-5,10,12H2,1-2H3/t15-,16+,18-/m1/s1. The van der Waals surface area contributed by atoms with Gasteiger partial charge in [-0.2, -0.15) is 10.3 Å². The van der Waals surface area contributed by atoms with Gasteiger partial charge in [0.05, 0.1) is 36.3 Å². The van der Waals surface area contributed by atoms with Gasteiger partial charge in [0.25, 0.3) is 0 Å². The molecule has 2 aliphatic heterocycles. The van der Waals surface area contributed by atoms with Crippen molar-refractivity contribution in [2.75, 3.05) is 13.7 Å². The van der Waals surface area contributed by atoms with Crippen LogP contribution in [0, 0.1) is 17.2 Å². The molecule has 0 aromatic heterocycles. The second kappa shape index (κ2) is 6.31. The van der Waals surface area contributed by atoms with Gasteiger partial charge >= 0.3 is 5.97 Å². The molecule has 0 saturated carbocycles. The predicted molar refractivity (Wildman–Crippen MR) is 84.1 cm³/mol. The maximum absolute atomic E-state index is 12.2. The van der Waals surface area contributed by atoms with Gasteiger partial charge < -0.3 is 4.74 Å². The van der Waals surface area contributed by atoms with Gasteiger partial charge in [-0.1, -0.05) is 31.9 Å². The number of nitriles is 1. The van der Waals surface area contributed by atoms with Crippen LogP contribution < -0.4 is 0 Å². The molecule has 0 amide bonds. The molecular weight excluding hydrogens is 292 g/mol. The Balaban J connectivity index is 1.91. The minimum atomic E-state index is -0.445. The predicted octanol–water partition coefficient (Wildman–Crippen LogP) is 2.75. The molecule has 2 aliphatic rings. The Bertz CT molecular complexity index is 622. The smallest absolute Gasteiger partial charge is 0.312 e. The summed E-state index contributed by atoms with van der Waals surface area (Å²) < 4.78 is 5.00. The average molecular weight is 314 g/mol. The number of hydroxylamine groups is 2. The van der Waals surface area contributed by atoms with E-state index in [-0.39, 0.29) is 18.0 Å². The van der Waals surface area contributed by atoms with Crippen molar-refractivity contribution < 1.29 is 14.4 Å². The largest absolute Gasteiger partial charge is 0.469 e. The molecule has 0 spiro atoms. The molecular formula is C18H22N2O3. The molecule has 0 unspecified atom stereocenters. The van der Waals surface area contributed by atoms with Crippen LogP contribution in [0.5, 0.6) is 0 Å². The van der Waals surface area contributed by atoms with Crippen LogP contribution in [0.15, 0.2) is 24.3 Å². The van der Waals surface area contributed by atoms with E-state index in [1.54, 1.807) is 12.1 Å². The number of ether oxygens (including phenoxy) is 1. The molecule has 0 aliphatic carbocycles. The van der Waals surface area contributed by atoms with Gasteiger partial charge in [0.15, 0.2) is 0 Å². The first-order valence-electron chi connectivity index (χ1n) is 8.18. The summed E-state index contributed by atoms with van der Waals surface area (Å²) in [5.74, 6) is -0.405. The number of hydrogen-bond donors (Lipinski definition) is 0. The van der Waals surface area contributed by atoms with Crippen LogP contribution in [-0.4, -0.2) is 30.8 Å². The third kappa shape index (κ3) is 2.52. The van der Waals surface area contributed by atoms with E-state index in [9.17, 15) is 4.79 Å². The summed E-state index contributed by atoms with van der Waals surface area (Å²) >= 11 is 0. The number of nitrogens with zero attached hydrogens (tertiary/aromatic N) is 2. The summed E-state index contributed by atoms with van der Waals surface area (Å²) in [6, 6.07) is 9.61. The van der Waals surface area contributed by atoms with Gasteiger partial charge in [0, 0.05) is 13.0 Å². The van der Waals surface area contributed by atoms with Gasteiger partial charge in [-0.3, -0.25) is 9.63 Å². The molecule has 5 nitrogen and oxygen atoms in total. The number of carbonyl (C=O) groups is 1. The lowest BCUT2D eigenvalue weighted by Gasteiger charge is -2.51. The van der Waals surface area contributed by atoms with Crippen molar-refractivity contribution in [1.29, 1.82) is 5.26 Å². The maximum atomic E-state index is 12.2. The Morgan fingerprint density at radius 2 is 2.22 bits per heavy atom. The summed E-state index contributed by atoms with van der Waals surface area (Å²) in [5, 5.41) is 10.9. The first-order valence-corrected chi connectivity index (χ1v) is 8.18. The lowest BCUT2D eigenvalue weighted by atomic mass is 9.68. The fourth-order valence-corrected chi connectivity index (χ4v) is 3.78. The molecule has 23 heavy (non-hydrogen) atoms. The lowest BCUT2D eigenvalue weighted by molar-refractivity contribution is -0.268. The van der Waals surface area contributed by atoms with Gasteiger partial charge in [-0.15, -0.1) is 0 Å². The Morgan fingerprint density at radius 3 is 2.83 bits per heavy atom.